The van der Waals surface area contributed by atoms with Crippen molar-refractivity contribution < 1.29 is 14.5 Å². The molecule has 17 heavy (non-hydrogen) atoms. The number of nitrogens with zero attached hydrogens (tertiary/aromatic N) is 1. The van der Waals surface area contributed by atoms with Crippen LogP contribution in [0.25, 0.3) is 0 Å². The highest BCUT2D eigenvalue weighted by atomic mass is 16.6. The smallest absolute Gasteiger partial charge is 0.270 e. The molecule has 0 radical (unpaired) electrons. The molecule has 6 heteroatoms. The van der Waals surface area contributed by atoms with E-state index >= 15 is 0 Å². The number of carbonyl (C=O) groups excluding carboxylic acids is 2. The fourth-order valence-corrected chi connectivity index (χ4v) is 1.10. The van der Waals surface area contributed by atoms with E-state index in [4.69, 9.17) is 5.73 Å². The summed E-state index contributed by atoms with van der Waals surface area (Å²) in [7, 11) is 0. The molecular weight excluding hydrogens is 224 g/mol. The van der Waals surface area contributed by atoms with Crippen molar-refractivity contribution in [2.75, 3.05) is 0 Å². The molecule has 1 aromatic rings. The molecular formula is C11H8N2O4. The molecule has 0 fully saturated rings. The van der Waals surface area contributed by atoms with Gasteiger partial charge in [0.15, 0.2) is 6.29 Å². The summed E-state index contributed by atoms with van der Waals surface area (Å²) >= 11 is 0. The Balaban J connectivity index is 3.07. The quantitative estimate of drug-likeness (QED) is 0.357. The van der Waals surface area contributed by atoms with E-state index in [1.807, 2.05) is 0 Å². The van der Waals surface area contributed by atoms with Crippen LogP contribution in [0.2, 0.25) is 0 Å². The largest absolute Gasteiger partial charge is 0.369 e. The molecule has 1 rings (SSSR count). The summed E-state index contributed by atoms with van der Waals surface area (Å²) in [5.41, 5.74) is 5.14. The third-order valence-electron chi connectivity index (χ3n) is 1.86. The third-order valence-corrected chi connectivity index (χ3v) is 1.86. The van der Waals surface area contributed by atoms with Gasteiger partial charge in [0.2, 0.25) is 5.91 Å². The minimum Gasteiger partial charge on any atom is -0.369 e. The fourth-order valence-electron chi connectivity index (χ4n) is 1.10. The van der Waals surface area contributed by atoms with E-state index in [1.54, 1.807) is 0 Å². The first-order valence-electron chi connectivity index (χ1n) is 4.55. The van der Waals surface area contributed by atoms with Crippen LogP contribution >= 0.6 is 0 Å². The average molecular weight is 232 g/mol. The van der Waals surface area contributed by atoms with Gasteiger partial charge in [-0.25, -0.2) is 0 Å². The zero-order valence-corrected chi connectivity index (χ0v) is 8.67. The Bertz CT molecular complexity index is 540. The van der Waals surface area contributed by atoms with Crippen LogP contribution in [0.15, 0.2) is 18.2 Å². The molecule has 0 unspecified atom stereocenters. The molecule has 0 atom stereocenters. The molecule has 0 aromatic heterocycles. The van der Waals surface area contributed by atoms with Crippen LogP contribution in [0.3, 0.4) is 0 Å². The second kappa shape index (κ2) is 5.42. The van der Waals surface area contributed by atoms with E-state index in [2.05, 4.69) is 11.8 Å². The molecule has 6 nitrogen and oxygen atoms in total. The zero-order chi connectivity index (χ0) is 12.8. The van der Waals surface area contributed by atoms with E-state index in [0.29, 0.717) is 11.8 Å². The summed E-state index contributed by atoms with van der Waals surface area (Å²) in [6.07, 6.45) is 0.344. The number of non-ortho nitro benzene ring substituents is 1. The van der Waals surface area contributed by atoms with Crippen molar-refractivity contribution in [2.45, 2.75) is 6.42 Å². The third kappa shape index (κ3) is 3.43. The highest BCUT2D eigenvalue weighted by Gasteiger charge is 2.08. The van der Waals surface area contributed by atoms with Crippen LogP contribution in [-0.4, -0.2) is 17.1 Å². The highest BCUT2D eigenvalue weighted by Crippen LogP contribution is 2.15. The number of nitro benzene ring substituents is 1. The van der Waals surface area contributed by atoms with Crippen molar-refractivity contribution >= 4 is 17.9 Å². The number of aldehydes is 1. The Morgan fingerprint density at radius 3 is 2.76 bits per heavy atom. The van der Waals surface area contributed by atoms with E-state index in [-0.39, 0.29) is 17.7 Å². The van der Waals surface area contributed by atoms with Crippen LogP contribution < -0.4 is 5.73 Å². The average Bonchev–Trinajstić information content (AvgIpc) is 2.28. The Kier molecular flexibility index (Phi) is 3.95. The van der Waals surface area contributed by atoms with Gasteiger partial charge in [0, 0.05) is 23.3 Å². The Morgan fingerprint density at radius 2 is 2.24 bits per heavy atom. The van der Waals surface area contributed by atoms with Gasteiger partial charge in [-0.1, -0.05) is 11.8 Å². The standard InChI is InChI=1S/C11H8N2O4/c12-11(15)3-1-2-8-4-5-10(13(16)17)6-9(8)7-14/h4-7H,3H2,(H2,12,15). The van der Waals surface area contributed by atoms with Crippen LogP contribution in [0.1, 0.15) is 22.3 Å². The number of carbonyl (C=O) groups is 2. The van der Waals surface area contributed by atoms with Crippen molar-refractivity contribution in [2.24, 2.45) is 5.73 Å². The van der Waals surface area contributed by atoms with Gasteiger partial charge in [0.1, 0.15) is 0 Å². The number of primary amides is 1. The molecule has 0 aliphatic heterocycles. The maximum absolute atomic E-state index is 10.7. The Morgan fingerprint density at radius 1 is 1.53 bits per heavy atom. The van der Waals surface area contributed by atoms with Crippen molar-refractivity contribution in [3.8, 4) is 11.8 Å². The summed E-state index contributed by atoms with van der Waals surface area (Å²) in [5.74, 6) is 4.45. The molecule has 0 heterocycles. The highest BCUT2D eigenvalue weighted by molar-refractivity contribution is 5.81. The predicted octanol–water partition coefficient (Wildman–Crippen LogP) is 0.634. The van der Waals surface area contributed by atoms with Gasteiger partial charge in [0.05, 0.1) is 11.3 Å². The minimum atomic E-state index is -0.604. The number of nitro groups is 1. The van der Waals surface area contributed by atoms with Gasteiger partial charge < -0.3 is 5.73 Å². The molecule has 1 amide bonds. The lowest BCUT2D eigenvalue weighted by molar-refractivity contribution is -0.384. The van der Waals surface area contributed by atoms with Gasteiger partial charge in [-0.3, -0.25) is 19.7 Å². The van der Waals surface area contributed by atoms with Crippen molar-refractivity contribution in [1.82, 2.24) is 0 Å². The van der Waals surface area contributed by atoms with E-state index < -0.39 is 10.8 Å². The summed E-state index contributed by atoms with van der Waals surface area (Å²) in [6.45, 7) is 0. The first-order valence-corrected chi connectivity index (χ1v) is 4.55. The lowest BCUT2D eigenvalue weighted by Gasteiger charge is -1.96. The fraction of sp³-hybridized carbons (Fsp3) is 0.0909. The molecule has 0 saturated heterocycles. The second-order valence-electron chi connectivity index (χ2n) is 3.09. The SMILES string of the molecule is NC(=O)CC#Cc1ccc([N+](=O)[O-])cc1C=O. The summed E-state index contributed by atoms with van der Waals surface area (Å²) in [4.78, 5) is 31.0. The Hall–Kier alpha value is -2.68. The van der Waals surface area contributed by atoms with Gasteiger partial charge in [-0.05, 0) is 6.07 Å². The molecule has 0 spiro atoms. The van der Waals surface area contributed by atoms with Gasteiger partial charge in [0.25, 0.3) is 5.69 Å². The zero-order valence-electron chi connectivity index (χ0n) is 8.67. The number of hydrogen-bond acceptors (Lipinski definition) is 4. The van der Waals surface area contributed by atoms with Gasteiger partial charge >= 0.3 is 0 Å². The topological polar surface area (TPSA) is 103 Å². The molecule has 1 aromatic carbocycles. The summed E-state index contributed by atoms with van der Waals surface area (Å²) in [5, 5.41) is 10.5. The number of benzene rings is 1. The normalized spacial score (nSPS) is 8.94. The summed E-state index contributed by atoms with van der Waals surface area (Å²) < 4.78 is 0. The van der Waals surface area contributed by atoms with E-state index in [0.717, 1.165) is 6.07 Å². The van der Waals surface area contributed by atoms with Crippen molar-refractivity contribution in [3.63, 3.8) is 0 Å². The monoisotopic (exact) mass is 232 g/mol. The molecule has 0 saturated carbocycles. The molecule has 2 N–H and O–H groups in total. The first-order chi connectivity index (χ1) is 8.04. The number of hydrogen-bond donors (Lipinski definition) is 1. The van der Waals surface area contributed by atoms with Crippen LogP contribution in [0, 0.1) is 22.0 Å². The van der Waals surface area contributed by atoms with E-state index in [1.165, 1.54) is 12.1 Å². The van der Waals surface area contributed by atoms with E-state index in [9.17, 15) is 19.7 Å². The van der Waals surface area contributed by atoms with Crippen LogP contribution in [-0.2, 0) is 4.79 Å². The van der Waals surface area contributed by atoms with Crippen LogP contribution in [0.5, 0.6) is 0 Å². The van der Waals surface area contributed by atoms with Crippen molar-refractivity contribution in [3.05, 3.63) is 39.4 Å². The number of amides is 1. The summed E-state index contributed by atoms with van der Waals surface area (Å²) in [6, 6.07) is 3.72. The molecule has 86 valence electrons. The minimum absolute atomic E-state index is 0.108. The lowest BCUT2D eigenvalue weighted by atomic mass is 10.1. The lowest BCUT2D eigenvalue weighted by Crippen LogP contribution is -2.08. The van der Waals surface area contributed by atoms with Gasteiger partial charge in [-0.2, -0.15) is 0 Å². The second-order valence-corrected chi connectivity index (χ2v) is 3.09. The maximum Gasteiger partial charge on any atom is 0.270 e. The number of nitrogens with two attached hydrogens (primary N) is 1. The maximum atomic E-state index is 10.7. The molecule has 0 bridgehead atoms. The van der Waals surface area contributed by atoms with Gasteiger partial charge in [-0.15, -0.1) is 0 Å². The van der Waals surface area contributed by atoms with Crippen LogP contribution in [0.4, 0.5) is 5.69 Å². The predicted molar refractivity (Wildman–Crippen MR) is 59.2 cm³/mol. The molecule has 0 aliphatic rings. The number of rotatable bonds is 3. The molecule has 0 aliphatic carbocycles. The Labute approximate surface area is 96.6 Å². The first kappa shape index (κ1) is 12.4. The van der Waals surface area contributed by atoms with Crippen molar-refractivity contribution in [1.29, 1.82) is 0 Å².